The SMILES string of the molecule is Cc1c(CN2C(=O)NC(C)(c3ccc(F)c(F)c3)C2=O)cccc1[N+](=O)[O-]. The van der Waals surface area contributed by atoms with Crippen molar-refractivity contribution in [1.82, 2.24) is 10.2 Å². The summed E-state index contributed by atoms with van der Waals surface area (Å²) in [6, 6.07) is 6.61. The van der Waals surface area contributed by atoms with Crippen molar-refractivity contribution in [3.05, 3.63) is 74.8 Å². The molecule has 3 amide bonds. The lowest BCUT2D eigenvalue weighted by atomic mass is 9.91. The Bertz CT molecular complexity index is 979. The predicted octanol–water partition coefficient (Wildman–Crippen LogP) is 3.15. The number of nitro benzene ring substituents is 1. The van der Waals surface area contributed by atoms with E-state index in [1.165, 1.54) is 32.0 Å². The first-order valence-corrected chi connectivity index (χ1v) is 7.97. The first kappa shape index (κ1) is 18.4. The number of halogens is 2. The van der Waals surface area contributed by atoms with Gasteiger partial charge in [-0.15, -0.1) is 0 Å². The minimum atomic E-state index is -1.57. The average molecular weight is 375 g/mol. The number of imide groups is 1. The quantitative estimate of drug-likeness (QED) is 0.505. The molecule has 1 saturated heterocycles. The zero-order valence-electron chi connectivity index (χ0n) is 14.5. The van der Waals surface area contributed by atoms with Crippen LogP contribution in [0.4, 0.5) is 19.3 Å². The van der Waals surface area contributed by atoms with Gasteiger partial charge in [-0.2, -0.15) is 0 Å². The van der Waals surface area contributed by atoms with Gasteiger partial charge < -0.3 is 5.32 Å². The van der Waals surface area contributed by atoms with Gasteiger partial charge in [0.15, 0.2) is 11.6 Å². The minimum Gasteiger partial charge on any atom is -0.319 e. The molecule has 1 aliphatic rings. The van der Waals surface area contributed by atoms with Gasteiger partial charge in [0, 0.05) is 11.6 Å². The van der Waals surface area contributed by atoms with Gasteiger partial charge in [-0.1, -0.05) is 18.2 Å². The van der Waals surface area contributed by atoms with Crippen LogP contribution in [0.3, 0.4) is 0 Å². The second-order valence-corrected chi connectivity index (χ2v) is 6.39. The smallest absolute Gasteiger partial charge is 0.319 e. The number of nitrogens with zero attached hydrogens (tertiary/aromatic N) is 2. The first-order chi connectivity index (χ1) is 12.6. The highest BCUT2D eigenvalue weighted by Crippen LogP contribution is 2.31. The predicted molar refractivity (Wildman–Crippen MR) is 90.6 cm³/mol. The molecule has 2 aromatic carbocycles. The standard InChI is InChI=1S/C18H15F2N3O4/c1-10-11(4-3-5-15(10)23(26)27)9-22-16(24)18(2,21-17(22)25)12-6-7-13(19)14(20)8-12/h3-8H,9H2,1-2H3,(H,21,25). The molecule has 1 fully saturated rings. The molecule has 0 aromatic heterocycles. The van der Waals surface area contributed by atoms with Crippen molar-refractivity contribution in [3.8, 4) is 0 Å². The molecule has 0 aliphatic carbocycles. The molecule has 0 saturated carbocycles. The Labute approximate surface area is 152 Å². The molecule has 1 N–H and O–H groups in total. The monoisotopic (exact) mass is 375 g/mol. The van der Waals surface area contributed by atoms with Crippen molar-refractivity contribution in [1.29, 1.82) is 0 Å². The summed E-state index contributed by atoms with van der Waals surface area (Å²) in [6.07, 6.45) is 0. The number of carbonyl (C=O) groups excluding carboxylic acids is 2. The van der Waals surface area contributed by atoms with Crippen LogP contribution in [-0.4, -0.2) is 21.8 Å². The summed E-state index contributed by atoms with van der Waals surface area (Å²) in [6.45, 7) is 2.73. The average Bonchev–Trinajstić information content (AvgIpc) is 2.82. The van der Waals surface area contributed by atoms with Crippen molar-refractivity contribution >= 4 is 17.6 Å². The summed E-state index contributed by atoms with van der Waals surface area (Å²) in [4.78, 5) is 36.6. The molecule has 27 heavy (non-hydrogen) atoms. The molecule has 7 nitrogen and oxygen atoms in total. The molecular formula is C18H15F2N3O4. The lowest BCUT2D eigenvalue weighted by Crippen LogP contribution is -2.41. The molecule has 1 aliphatic heterocycles. The summed E-state index contributed by atoms with van der Waals surface area (Å²) in [5.41, 5.74) is -0.826. The molecule has 3 rings (SSSR count). The van der Waals surface area contributed by atoms with Crippen LogP contribution >= 0.6 is 0 Å². The second kappa shape index (κ2) is 6.42. The number of rotatable bonds is 4. The zero-order valence-corrected chi connectivity index (χ0v) is 14.5. The maximum absolute atomic E-state index is 13.6. The maximum Gasteiger partial charge on any atom is 0.325 e. The number of amides is 3. The highest BCUT2D eigenvalue weighted by atomic mass is 19.2. The Balaban J connectivity index is 1.94. The van der Waals surface area contributed by atoms with E-state index < -0.39 is 34.0 Å². The van der Waals surface area contributed by atoms with E-state index in [0.29, 0.717) is 11.1 Å². The molecule has 0 radical (unpaired) electrons. The van der Waals surface area contributed by atoms with Crippen LogP contribution in [-0.2, 0) is 16.9 Å². The van der Waals surface area contributed by atoms with Crippen LogP contribution in [0.25, 0.3) is 0 Å². The highest BCUT2D eigenvalue weighted by molar-refractivity contribution is 6.07. The van der Waals surface area contributed by atoms with Crippen LogP contribution in [0.15, 0.2) is 36.4 Å². The fourth-order valence-corrected chi connectivity index (χ4v) is 3.05. The second-order valence-electron chi connectivity index (χ2n) is 6.39. The van der Waals surface area contributed by atoms with E-state index in [2.05, 4.69) is 5.32 Å². The van der Waals surface area contributed by atoms with Crippen LogP contribution < -0.4 is 5.32 Å². The number of urea groups is 1. The molecule has 0 bridgehead atoms. The minimum absolute atomic E-state index is 0.0954. The fourth-order valence-electron chi connectivity index (χ4n) is 3.05. The molecule has 140 valence electrons. The van der Waals surface area contributed by atoms with Crippen LogP contribution in [0.1, 0.15) is 23.6 Å². The van der Waals surface area contributed by atoms with Gasteiger partial charge >= 0.3 is 6.03 Å². The molecule has 2 aromatic rings. The molecule has 9 heteroatoms. The van der Waals surface area contributed by atoms with E-state index in [9.17, 15) is 28.5 Å². The van der Waals surface area contributed by atoms with E-state index in [1.54, 1.807) is 6.07 Å². The number of nitro groups is 1. The van der Waals surface area contributed by atoms with Crippen molar-refractivity contribution in [2.45, 2.75) is 25.9 Å². The Hall–Kier alpha value is -3.36. The Morgan fingerprint density at radius 1 is 1.19 bits per heavy atom. The molecule has 1 atom stereocenters. The topological polar surface area (TPSA) is 92.6 Å². The maximum atomic E-state index is 13.6. The number of benzene rings is 2. The van der Waals surface area contributed by atoms with Gasteiger partial charge in [-0.3, -0.25) is 19.8 Å². The molecular weight excluding hydrogens is 360 g/mol. The Kier molecular flexibility index (Phi) is 4.38. The zero-order chi connectivity index (χ0) is 19.9. The Morgan fingerprint density at radius 3 is 2.52 bits per heavy atom. The van der Waals surface area contributed by atoms with E-state index in [0.717, 1.165) is 17.0 Å². The van der Waals surface area contributed by atoms with Gasteiger partial charge in [-0.05, 0) is 37.1 Å². The summed E-state index contributed by atoms with van der Waals surface area (Å²) >= 11 is 0. The van der Waals surface area contributed by atoms with Crippen LogP contribution in [0.2, 0.25) is 0 Å². The molecule has 0 spiro atoms. The third kappa shape index (κ3) is 3.01. The van der Waals surface area contributed by atoms with Gasteiger partial charge in [-0.25, -0.2) is 13.6 Å². The summed E-state index contributed by atoms with van der Waals surface area (Å²) in [7, 11) is 0. The van der Waals surface area contributed by atoms with Gasteiger partial charge in [0.2, 0.25) is 0 Å². The molecule has 1 heterocycles. The van der Waals surface area contributed by atoms with E-state index in [-0.39, 0.29) is 17.8 Å². The van der Waals surface area contributed by atoms with Crippen molar-refractivity contribution in [2.75, 3.05) is 0 Å². The summed E-state index contributed by atoms with van der Waals surface area (Å²) < 4.78 is 26.8. The first-order valence-electron chi connectivity index (χ1n) is 7.97. The normalized spacial score (nSPS) is 19.3. The number of hydrogen-bond acceptors (Lipinski definition) is 4. The number of hydrogen-bond donors (Lipinski definition) is 1. The molecule has 1 unspecified atom stereocenters. The Morgan fingerprint density at radius 2 is 1.89 bits per heavy atom. The van der Waals surface area contributed by atoms with Crippen molar-refractivity contribution in [3.63, 3.8) is 0 Å². The summed E-state index contributed by atoms with van der Waals surface area (Å²) in [5, 5.41) is 13.6. The van der Waals surface area contributed by atoms with E-state index in [1.807, 2.05) is 0 Å². The summed E-state index contributed by atoms with van der Waals surface area (Å²) in [5.74, 6) is -2.86. The van der Waals surface area contributed by atoms with E-state index >= 15 is 0 Å². The van der Waals surface area contributed by atoms with Crippen LogP contribution in [0.5, 0.6) is 0 Å². The lowest BCUT2D eigenvalue weighted by Gasteiger charge is -2.22. The van der Waals surface area contributed by atoms with Gasteiger partial charge in [0.25, 0.3) is 11.6 Å². The van der Waals surface area contributed by atoms with Gasteiger partial charge in [0.05, 0.1) is 11.5 Å². The van der Waals surface area contributed by atoms with Gasteiger partial charge in [0.1, 0.15) is 5.54 Å². The van der Waals surface area contributed by atoms with Crippen LogP contribution in [0, 0.1) is 28.7 Å². The fraction of sp³-hybridized carbons (Fsp3) is 0.222. The number of nitrogens with one attached hydrogen (secondary N) is 1. The highest BCUT2D eigenvalue weighted by Gasteiger charge is 2.49. The third-order valence-corrected chi connectivity index (χ3v) is 4.71. The number of carbonyl (C=O) groups is 2. The van der Waals surface area contributed by atoms with Crippen molar-refractivity contribution < 1.29 is 23.3 Å². The van der Waals surface area contributed by atoms with Crippen molar-refractivity contribution in [2.24, 2.45) is 0 Å². The third-order valence-electron chi connectivity index (χ3n) is 4.71. The lowest BCUT2D eigenvalue weighted by molar-refractivity contribution is -0.385. The van der Waals surface area contributed by atoms with E-state index in [4.69, 9.17) is 0 Å². The largest absolute Gasteiger partial charge is 0.325 e.